The predicted octanol–water partition coefficient (Wildman–Crippen LogP) is 0.404. The van der Waals surface area contributed by atoms with Gasteiger partial charge in [0, 0.05) is 12.1 Å². The minimum absolute atomic E-state index is 0.0327. The largest absolute Gasteiger partial charge is 0.330 e. The molecule has 1 saturated heterocycles. The zero-order valence-corrected chi connectivity index (χ0v) is 14.8. The Morgan fingerprint density at radius 3 is 2.35 bits per heavy atom. The van der Waals surface area contributed by atoms with E-state index in [4.69, 9.17) is 4.55 Å². The first-order chi connectivity index (χ1) is 12.1. The number of imide groups is 2. The normalized spacial score (nSPS) is 18.0. The fraction of sp³-hybridized carbons (Fsp3) is 0.375. The SMILES string of the molecule is CC(=O)c1ccc(CC2C(=O)NC(=O)N(CCCS(=O)(=O)O)C2=O)cc1. The van der Waals surface area contributed by atoms with Crippen LogP contribution >= 0.6 is 0 Å². The summed E-state index contributed by atoms with van der Waals surface area (Å²) in [7, 11) is -4.21. The lowest BCUT2D eigenvalue weighted by Gasteiger charge is -2.30. The summed E-state index contributed by atoms with van der Waals surface area (Å²) in [4.78, 5) is 48.3. The molecular formula is C16H18N2O7S. The standard InChI is InChI=1S/C16H18N2O7S/c1-10(19)12-5-3-11(4-6-12)9-13-14(20)17-16(22)18(15(13)21)7-2-8-26(23,24)25/h3-6,13H,2,7-9H2,1H3,(H,17,20,22)(H,23,24,25). The van der Waals surface area contributed by atoms with Gasteiger partial charge in [0.05, 0.1) is 5.75 Å². The van der Waals surface area contributed by atoms with Gasteiger partial charge in [-0.1, -0.05) is 24.3 Å². The quantitative estimate of drug-likeness (QED) is 0.395. The third kappa shape index (κ3) is 4.96. The highest BCUT2D eigenvalue weighted by Gasteiger charge is 2.40. The van der Waals surface area contributed by atoms with E-state index in [0.717, 1.165) is 4.90 Å². The summed E-state index contributed by atoms with van der Waals surface area (Å²) < 4.78 is 30.2. The minimum Gasteiger partial charge on any atom is -0.295 e. The molecule has 1 atom stereocenters. The van der Waals surface area contributed by atoms with Gasteiger partial charge < -0.3 is 0 Å². The zero-order valence-electron chi connectivity index (χ0n) is 14.0. The second kappa shape index (κ2) is 7.75. The number of Topliss-reactive ketones (excluding diaryl/α,β-unsaturated/α-hetero) is 1. The first-order valence-electron chi connectivity index (χ1n) is 7.80. The van der Waals surface area contributed by atoms with Crippen LogP contribution in [0.1, 0.15) is 29.3 Å². The summed E-state index contributed by atoms with van der Waals surface area (Å²) in [5.41, 5.74) is 1.13. The van der Waals surface area contributed by atoms with Gasteiger partial charge >= 0.3 is 6.03 Å². The minimum atomic E-state index is -4.21. The van der Waals surface area contributed by atoms with E-state index in [9.17, 15) is 27.6 Å². The Hall–Kier alpha value is -2.59. The molecule has 0 aromatic heterocycles. The molecule has 1 aromatic rings. The lowest BCUT2D eigenvalue weighted by molar-refractivity contribution is -0.142. The molecule has 0 bridgehead atoms. The van der Waals surface area contributed by atoms with Crippen molar-refractivity contribution in [3.05, 3.63) is 35.4 Å². The Balaban J connectivity index is 2.09. The van der Waals surface area contributed by atoms with E-state index in [1.54, 1.807) is 24.3 Å². The average molecular weight is 382 g/mol. The second-order valence-corrected chi connectivity index (χ2v) is 7.51. The highest BCUT2D eigenvalue weighted by atomic mass is 32.2. The molecule has 10 heteroatoms. The van der Waals surface area contributed by atoms with Crippen molar-refractivity contribution in [1.29, 1.82) is 0 Å². The van der Waals surface area contributed by atoms with E-state index in [1.165, 1.54) is 6.92 Å². The third-order valence-electron chi connectivity index (χ3n) is 3.94. The Kier molecular flexibility index (Phi) is 5.88. The summed E-state index contributed by atoms with van der Waals surface area (Å²) in [5, 5.41) is 2.07. The number of nitrogens with one attached hydrogen (secondary N) is 1. The molecule has 1 heterocycles. The van der Waals surface area contributed by atoms with Gasteiger partial charge in [0.1, 0.15) is 5.92 Å². The number of nitrogens with zero attached hydrogens (tertiary/aromatic N) is 1. The van der Waals surface area contributed by atoms with Crippen LogP contribution in [0.5, 0.6) is 0 Å². The first-order valence-corrected chi connectivity index (χ1v) is 9.40. The Labute approximate surface area is 150 Å². The van der Waals surface area contributed by atoms with Crippen molar-refractivity contribution in [2.24, 2.45) is 5.92 Å². The van der Waals surface area contributed by atoms with Crippen LogP contribution in [-0.4, -0.2) is 53.8 Å². The molecule has 2 N–H and O–H groups in total. The molecule has 1 aliphatic heterocycles. The third-order valence-corrected chi connectivity index (χ3v) is 4.74. The van der Waals surface area contributed by atoms with Crippen LogP contribution < -0.4 is 5.32 Å². The van der Waals surface area contributed by atoms with Crippen molar-refractivity contribution in [3.8, 4) is 0 Å². The zero-order chi connectivity index (χ0) is 19.5. The molecule has 1 aliphatic rings. The van der Waals surface area contributed by atoms with Crippen LogP contribution in [0, 0.1) is 5.92 Å². The average Bonchev–Trinajstić information content (AvgIpc) is 2.54. The smallest absolute Gasteiger partial charge is 0.295 e. The molecule has 0 aliphatic carbocycles. The van der Waals surface area contributed by atoms with E-state index < -0.39 is 39.6 Å². The molecular weight excluding hydrogens is 364 g/mol. The number of urea groups is 1. The second-order valence-electron chi connectivity index (χ2n) is 5.93. The number of hydrogen-bond donors (Lipinski definition) is 2. The number of amides is 4. The molecule has 1 fully saturated rings. The van der Waals surface area contributed by atoms with Crippen LogP contribution in [0.15, 0.2) is 24.3 Å². The molecule has 0 saturated carbocycles. The van der Waals surface area contributed by atoms with Crippen molar-refractivity contribution >= 4 is 33.7 Å². The molecule has 2 rings (SSSR count). The van der Waals surface area contributed by atoms with Gasteiger partial charge in [-0.2, -0.15) is 8.42 Å². The number of benzene rings is 1. The number of rotatable bonds is 7. The van der Waals surface area contributed by atoms with E-state index in [2.05, 4.69) is 5.32 Å². The molecule has 0 spiro atoms. The van der Waals surface area contributed by atoms with E-state index >= 15 is 0 Å². The van der Waals surface area contributed by atoms with Gasteiger partial charge in [-0.3, -0.25) is 29.2 Å². The lowest BCUT2D eigenvalue weighted by atomic mass is 9.94. The monoisotopic (exact) mass is 382 g/mol. The van der Waals surface area contributed by atoms with Gasteiger partial charge in [0.2, 0.25) is 11.8 Å². The van der Waals surface area contributed by atoms with Gasteiger partial charge in [0.25, 0.3) is 10.1 Å². The van der Waals surface area contributed by atoms with E-state index in [1.807, 2.05) is 0 Å². The maximum absolute atomic E-state index is 12.5. The number of hydrogen-bond acceptors (Lipinski definition) is 6. The van der Waals surface area contributed by atoms with Gasteiger partial charge in [-0.05, 0) is 25.3 Å². The lowest BCUT2D eigenvalue weighted by Crippen LogP contribution is -2.58. The van der Waals surface area contributed by atoms with Crippen molar-refractivity contribution in [2.45, 2.75) is 19.8 Å². The molecule has 1 aromatic carbocycles. The number of carbonyl (C=O) groups excluding carboxylic acids is 4. The van der Waals surface area contributed by atoms with Gasteiger partial charge in [0.15, 0.2) is 5.78 Å². The summed E-state index contributed by atoms with van der Waals surface area (Å²) >= 11 is 0. The predicted molar refractivity (Wildman–Crippen MR) is 89.9 cm³/mol. The number of carbonyl (C=O) groups is 4. The summed E-state index contributed by atoms with van der Waals surface area (Å²) in [6.45, 7) is 1.18. The summed E-state index contributed by atoms with van der Waals surface area (Å²) in [6.07, 6.45) is -0.114. The van der Waals surface area contributed by atoms with Crippen LogP contribution in [-0.2, 0) is 26.1 Å². The van der Waals surface area contributed by atoms with E-state index in [0.29, 0.717) is 11.1 Å². The van der Waals surface area contributed by atoms with Crippen LogP contribution in [0.4, 0.5) is 4.79 Å². The molecule has 140 valence electrons. The molecule has 0 radical (unpaired) electrons. The van der Waals surface area contributed by atoms with Gasteiger partial charge in [-0.15, -0.1) is 0 Å². The summed E-state index contributed by atoms with van der Waals surface area (Å²) in [6, 6.07) is 5.49. The van der Waals surface area contributed by atoms with E-state index in [-0.39, 0.29) is 25.2 Å². The van der Waals surface area contributed by atoms with Crippen molar-refractivity contribution in [3.63, 3.8) is 0 Å². The Bertz CT molecular complexity index is 846. The Morgan fingerprint density at radius 1 is 1.19 bits per heavy atom. The molecule has 9 nitrogen and oxygen atoms in total. The van der Waals surface area contributed by atoms with Gasteiger partial charge in [-0.25, -0.2) is 4.79 Å². The van der Waals surface area contributed by atoms with Crippen LogP contribution in [0.25, 0.3) is 0 Å². The van der Waals surface area contributed by atoms with Crippen molar-refractivity contribution < 1.29 is 32.1 Å². The van der Waals surface area contributed by atoms with Crippen LogP contribution in [0.3, 0.4) is 0 Å². The summed E-state index contributed by atoms with van der Waals surface area (Å²) in [5.74, 6) is -3.32. The van der Waals surface area contributed by atoms with Crippen molar-refractivity contribution in [1.82, 2.24) is 10.2 Å². The maximum atomic E-state index is 12.5. The first kappa shape index (κ1) is 19.7. The Morgan fingerprint density at radius 2 is 1.81 bits per heavy atom. The topological polar surface area (TPSA) is 138 Å². The number of barbiturate groups is 1. The highest BCUT2D eigenvalue weighted by Crippen LogP contribution is 2.17. The fourth-order valence-electron chi connectivity index (χ4n) is 2.57. The highest BCUT2D eigenvalue weighted by molar-refractivity contribution is 7.85. The van der Waals surface area contributed by atoms with Crippen LogP contribution in [0.2, 0.25) is 0 Å². The fourth-order valence-corrected chi connectivity index (χ4v) is 3.06. The molecule has 1 unspecified atom stereocenters. The molecule has 26 heavy (non-hydrogen) atoms. The number of ketones is 1. The maximum Gasteiger partial charge on any atom is 0.330 e. The molecule has 4 amide bonds. The van der Waals surface area contributed by atoms with Crippen molar-refractivity contribution in [2.75, 3.05) is 12.3 Å².